The Balaban J connectivity index is 1.76. The van der Waals surface area contributed by atoms with E-state index in [9.17, 15) is 4.39 Å². The highest BCUT2D eigenvalue weighted by molar-refractivity contribution is 9.10. The number of H-pyrrole nitrogens is 1. The van der Waals surface area contributed by atoms with Crippen LogP contribution in [0.2, 0.25) is 0 Å². The second kappa shape index (κ2) is 5.42. The van der Waals surface area contributed by atoms with Crippen molar-refractivity contribution >= 4 is 39.1 Å². The maximum atomic E-state index is 13.6. The van der Waals surface area contributed by atoms with E-state index in [-0.39, 0.29) is 5.82 Å². The van der Waals surface area contributed by atoms with Gasteiger partial charge in [-0.1, -0.05) is 28.1 Å². The molecule has 100 valence electrons. The van der Waals surface area contributed by atoms with Gasteiger partial charge in [0.2, 0.25) is 5.95 Å². The van der Waals surface area contributed by atoms with Gasteiger partial charge in [-0.15, -0.1) is 0 Å². The molecule has 1 heterocycles. The maximum Gasteiger partial charge on any atom is 0.222 e. The van der Waals surface area contributed by atoms with Crippen LogP contribution in [0.3, 0.4) is 0 Å². The third-order valence-electron chi connectivity index (χ3n) is 2.73. The molecule has 0 aliphatic heterocycles. The largest absolute Gasteiger partial charge is 0.323 e. The van der Waals surface area contributed by atoms with Gasteiger partial charge in [-0.25, -0.2) is 14.8 Å². The molecular formula is C14H10BrFN4. The van der Waals surface area contributed by atoms with Gasteiger partial charge >= 0.3 is 0 Å². The molecular weight excluding hydrogens is 323 g/mol. The normalized spacial score (nSPS) is 11.3. The Bertz CT molecular complexity index is 749. The number of aromatic amines is 1. The zero-order valence-corrected chi connectivity index (χ0v) is 11.9. The van der Waals surface area contributed by atoms with Gasteiger partial charge in [-0.2, -0.15) is 5.10 Å². The van der Waals surface area contributed by atoms with E-state index in [0.717, 1.165) is 11.0 Å². The molecule has 3 aromatic rings. The Kier molecular flexibility index (Phi) is 3.47. The first kappa shape index (κ1) is 12.8. The number of nitrogens with zero attached hydrogens (tertiary/aromatic N) is 2. The molecule has 3 rings (SSSR count). The highest BCUT2D eigenvalue weighted by Crippen LogP contribution is 2.15. The van der Waals surface area contributed by atoms with E-state index in [1.165, 1.54) is 12.3 Å². The topological polar surface area (TPSA) is 53.1 Å². The van der Waals surface area contributed by atoms with Gasteiger partial charge in [0, 0.05) is 10.0 Å². The standard InChI is InChI=1S/C14H10BrFN4/c15-10-6-5-9(11(16)7-10)8-17-20-14-18-12-3-1-2-4-13(12)19-14/h1-8H,(H2,18,19,20)/b17-8-. The highest BCUT2D eigenvalue weighted by atomic mass is 79.9. The lowest BCUT2D eigenvalue weighted by Crippen LogP contribution is -1.94. The number of nitrogens with one attached hydrogen (secondary N) is 2. The average Bonchev–Trinajstić information content (AvgIpc) is 2.84. The summed E-state index contributed by atoms with van der Waals surface area (Å²) in [4.78, 5) is 7.37. The summed E-state index contributed by atoms with van der Waals surface area (Å²) in [6.07, 6.45) is 1.41. The van der Waals surface area contributed by atoms with Crippen molar-refractivity contribution in [3.05, 3.63) is 58.3 Å². The van der Waals surface area contributed by atoms with Crippen molar-refractivity contribution in [1.29, 1.82) is 0 Å². The number of anilines is 1. The lowest BCUT2D eigenvalue weighted by atomic mass is 10.2. The van der Waals surface area contributed by atoms with Crippen molar-refractivity contribution in [3.8, 4) is 0 Å². The Morgan fingerprint density at radius 1 is 1.25 bits per heavy atom. The van der Waals surface area contributed by atoms with Crippen molar-refractivity contribution < 1.29 is 4.39 Å². The fourth-order valence-corrected chi connectivity index (χ4v) is 2.11. The number of rotatable bonds is 3. The zero-order chi connectivity index (χ0) is 13.9. The Morgan fingerprint density at radius 2 is 2.10 bits per heavy atom. The smallest absolute Gasteiger partial charge is 0.222 e. The first-order valence-corrected chi connectivity index (χ1v) is 6.70. The van der Waals surface area contributed by atoms with Crippen LogP contribution < -0.4 is 5.43 Å². The highest BCUT2D eigenvalue weighted by Gasteiger charge is 2.01. The van der Waals surface area contributed by atoms with Crippen molar-refractivity contribution in [1.82, 2.24) is 9.97 Å². The SMILES string of the molecule is Fc1cc(Br)ccc1/C=N\Nc1nc2ccccc2[nH]1. The number of hydrazone groups is 1. The van der Waals surface area contributed by atoms with E-state index in [0.29, 0.717) is 16.0 Å². The van der Waals surface area contributed by atoms with Gasteiger partial charge in [-0.05, 0) is 30.3 Å². The molecule has 0 aliphatic carbocycles. The van der Waals surface area contributed by atoms with E-state index in [1.54, 1.807) is 12.1 Å². The van der Waals surface area contributed by atoms with Crippen LogP contribution in [0.4, 0.5) is 10.3 Å². The molecule has 0 spiro atoms. The summed E-state index contributed by atoms with van der Waals surface area (Å²) in [5, 5.41) is 3.97. The summed E-state index contributed by atoms with van der Waals surface area (Å²) in [5.41, 5.74) is 4.91. The molecule has 0 radical (unpaired) electrons. The molecule has 0 saturated carbocycles. The number of hydrogen-bond acceptors (Lipinski definition) is 3. The van der Waals surface area contributed by atoms with Gasteiger partial charge in [0.1, 0.15) is 5.82 Å². The van der Waals surface area contributed by atoms with Crippen LogP contribution in [0.5, 0.6) is 0 Å². The second-order valence-electron chi connectivity index (χ2n) is 4.14. The van der Waals surface area contributed by atoms with Crippen LogP contribution in [0.25, 0.3) is 11.0 Å². The van der Waals surface area contributed by atoms with E-state index >= 15 is 0 Å². The summed E-state index contributed by atoms with van der Waals surface area (Å²) in [7, 11) is 0. The molecule has 6 heteroatoms. The monoisotopic (exact) mass is 332 g/mol. The quantitative estimate of drug-likeness (QED) is 0.564. The maximum absolute atomic E-state index is 13.6. The first-order valence-electron chi connectivity index (χ1n) is 5.91. The summed E-state index contributed by atoms with van der Waals surface area (Å²) in [6, 6.07) is 12.4. The van der Waals surface area contributed by atoms with E-state index < -0.39 is 0 Å². The third kappa shape index (κ3) is 2.70. The molecule has 0 aliphatic rings. The van der Waals surface area contributed by atoms with Crippen LogP contribution in [0, 0.1) is 5.82 Å². The molecule has 20 heavy (non-hydrogen) atoms. The fourth-order valence-electron chi connectivity index (χ4n) is 1.77. The molecule has 0 atom stereocenters. The lowest BCUT2D eigenvalue weighted by molar-refractivity contribution is 0.625. The number of aromatic nitrogens is 2. The number of fused-ring (bicyclic) bond motifs is 1. The lowest BCUT2D eigenvalue weighted by Gasteiger charge is -1.97. The van der Waals surface area contributed by atoms with E-state index in [4.69, 9.17) is 0 Å². The fraction of sp³-hybridized carbons (Fsp3) is 0. The number of para-hydroxylation sites is 2. The van der Waals surface area contributed by atoms with Gasteiger partial charge in [0.15, 0.2) is 0 Å². The Morgan fingerprint density at radius 3 is 2.90 bits per heavy atom. The van der Waals surface area contributed by atoms with Crippen molar-refractivity contribution in [2.45, 2.75) is 0 Å². The molecule has 2 aromatic carbocycles. The summed E-state index contributed by atoms with van der Waals surface area (Å²) in [6.45, 7) is 0. The Labute approximate surface area is 122 Å². The Hall–Kier alpha value is -2.21. The molecule has 4 nitrogen and oxygen atoms in total. The minimum absolute atomic E-state index is 0.338. The average molecular weight is 333 g/mol. The molecule has 0 bridgehead atoms. The van der Waals surface area contributed by atoms with Gasteiger partial charge in [0.25, 0.3) is 0 Å². The predicted molar refractivity (Wildman–Crippen MR) is 81.4 cm³/mol. The molecule has 0 amide bonds. The van der Waals surface area contributed by atoms with Crippen LogP contribution in [0.15, 0.2) is 52.0 Å². The number of imidazole rings is 1. The first-order chi connectivity index (χ1) is 9.72. The van der Waals surface area contributed by atoms with Crippen LogP contribution >= 0.6 is 15.9 Å². The van der Waals surface area contributed by atoms with Crippen molar-refractivity contribution in [2.24, 2.45) is 5.10 Å². The van der Waals surface area contributed by atoms with Crippen molar-refractivity contribution in [3.63, 3.8) is 0 Å². The number of benzene rings is 2. The third-order valence-corrected chi connectivity index (χ3v) is 3.22. The summed E-state index contributed by atoms with van der Waals surface area (Å²) < 4.78 is 14.3. The predicted octanol–water partition coefficient (Wildman–Crippen LogP) is 3.91. The van der Waals surface area contributed by atoms with Gasteiger partial charge < -0.3 is 4.98 Å². The van der Waals surface area contributed by atoms with Crippen LogP contribution in [-0.4, -0.2) is 16.2 Å². The zero-order valence-electron chi connectivity index (χ0n) is 10.3. The summed E-state index contributed by atoms with van der Waals surface area (Å²) in [5.74, 6) is 0.175. The second-order valence-corrected chi connectivity index (χ2v) is 5.05. The molecule has 0 unspecified atom stereocenters. The van der Waals surface area contributed by atoms with Crippen molar-refractivity contribution in [2.75, 3.05) is 5.43 Å². The van der Waals surface area contributed by atoms with E-state index in [1.807, 2.05) is 24.3 Å². The molecule has 2 N–H and O–H groups in total. The number of hydrogen-bond donors (Lipinski definition) is 2. The summed E-state index contributed by atoms with van der Waals surface area (Å²) >= 11 is 3.21. The van der Waals surface area contributed by atoms with Gasteiger partial charge in [-0.3, -0.25) is 0 Å². The van der Waals surface area contributed by atoms with Gasteiger partial charge in [0.05, 0.1) is 17.2 Å². The van der Waals surface area contributed by atoms with Crippen LogP contribution in [0.1, 0.15) is 5.56 Å². The van der Waals surface area contributed by atoms with Crippen LogP contribution in [-0.2, 0) is 0 Å². The molecule has 0 fully saturated rings. The molecule has 1 aromatic heterocycles. The number of halogens is 2. The molecule has 0 saturated heterocycles. The van der Waals surface area contributed by atoms with E-state index in [2.05, 4.69) is 36.4 Å². The minimum atomic E-state index is -0.338. The minimum Gasteiger partial charge on any atom is -0.323 e.